The SMILES string of the molecule is CS(=O)(=O)CCSc1nnc2c(Cl)cc(C(F)(F)F)cn12. The lowest BCUT2D eigenvalue weighted by atomic mass is 10.3. The van der Waals surface area contributed by atoms with E-state index in [0.717, 1.165) is 34.7 Å². The average molecular weight is 360 g/mol. The highest BCUT2D eigenvalue weighted by atomic mass is 35.5. The predicted molar refractivity (Wildman–Crippen MR) is 73.4 cm³/mol. The first-order valence-corrected chi connectivity index (χ1v) is 8.92. The molecular weight excluding hydrogens is 351 g/mol. The zero-order valence-electron chi connectivity index (χ0n) is 10.6. The zero-order chi connectivity index (χ0) is 15.8. The van der Waals surface area contributed by atoms with Crippen LogP contribution in [0.5, 0.6) is 0 Å². The quantitative estimate of drug-likeness (QED) is 0.785. The standard InChI is InChI=1S/C10H9ClF3N3O2S2/c1-21(18,19)3-2-20-9-16-15-8-7(11)4-6(5-17(8)9)10(12,13)14/h4-5H,2-3H2,1H3. The third kappa shape index (κ3) is 4.01. The maximum absolute atomic E-state index is 12.7. The van der Waals surface area contributed by atoms with Gasteiger partial charge in [0.2, 0.25) is 0 Å². The fourth-order valence-corrected chi connectivity index (χ4v) is 3.82. The summed E-state index contributed by atoms with van der Waals surface area (Å²) in [5.74, 6) is 0.0484. The molecule has 2 heterocycles. The van der Waals surface area contributed by atoms with Gasteiger partial charge < -0.3 is 0 Å². The van der Waals surface area contributed by atoms with Gasteiger partial charge >= 0.3 is 6.18 Å². The molecule has 2 aromatic rings. The van der Waals surface area contributed by atoms with Crippen molar-refractivity contribution in [1.29, 1.82) is 0 Å². The van der Waals surface area contributed by atoms with Crippen LogP contribution in [0.3, 0.4) is 0 Å². The van der Waals surface area contributed by atoms with E-state index in [1.165, 1.54) is 0 Å². The van der Waals surface area contributed by atoms with Crippen LogP contribution in [-0.4, -0.2) is 40.8 Å². The summed E-state index contributed by atoms with van der Waals surface area (Å²) in [7, 11) is -3.15. The summed E-state index contributed by atoms with van der Waals surface area (Å²) in [5.41, 5.74) is -0.837. The fourth-order valence-electron chi connectivity index (χ4n) is 1.47. The van der Waals surface area contributed by atoms with Gasteiger partial charge in [-0.3, -0.25) is 4.40 Å². The van der Waals surface area contributed by atoms with Gasteiger partial charge in [0.05, 0.1) is 16.3 Å². The molecule has 0 bridgehead atoms. The number of sulfone groups is 1. The van der Waals surface area contributed by atoms with E-state index in [0.29, 0.717) is 0 Å². The van der Waals surface area contributed by atoms with Crippen LogP contribution in [0.4, 0.5) is 13.2 Å². The largest absolute Gasteiger partial charge is 0.417 e. The first-order chi connectivity index (χ1) is 9.58. The highest BCUT2D eigenvalue weighted by Crippen LogP contribution is 2.33. The van der Waals surface area contributed by atoms with Crippen molar-refractivity contribution in [3.8, 4) is 0 Å². The van der Waals surface area contributed by atoms with Crippen LogP contribution in [0, 0.1) is 0 Å². The number of aromatic nitrogens is 3. The highest BCUT2D eigenvalue weighted by Gasteiger charge is 2.32. The monoisotopic (exact) mass is 359 g/mol. The van der Waals surface area contributed by atoms with Crippen LogP contribution < -0.4 is 0 Å². The number of nitrogens with zero attached hydrogens (tertiary/aromatic N) is 3. The van der Waals surface area contributed by atoms with E-state index in [4.69, 9.17) is 11.6 Å². The number of rotatable bonds is 4. The van der Waals surface area contributed by atoms with Gasteiger partial charge in [-0.25, -0.2) is 8.42 Å². The van der Waals surface area contributed by atoms with Gasteiger partial charge in [0, 0.05) is 18.2 Å². The van der Waals surface area contributed by atoms with Gasteiger partial charge in [-0.05, 0) is 6.07 Å². The minimum atomic E-state index is -4.54. The van der Waals surface area contributed by atoms with Crippen LogP contribution in [-0.2, 0) is 16.0 Å². The van der Waals surface area contributed by atoms with Crippen molar-refractivity contribution >= 4 is 38.8 Å². The van der Waals surface area contributed by atoms with E-state index in [2.05, 4.69) is 10.2 Å². The van der Waals surface area contributed by atoms with Crippen molar-refractivity contribution in [2.45, 2.75) is 11.3 Å². The van der Waals surface area contributed by atoms with E-state index in [1.54, 1.807) is 0 Å². The lowest BCUT2D eigenvalue weighted by Crippen LogP contribution is -2.08. The summed E-state index contributed by atoms with van der Waals surface area (Å²) < 4.78 is 61.4. The normalized spacial score (nSPS) is 13.0. The van der Waals surface area contributed by atoms with Crippen molar-refractivity contribution < 1.29 is 21.6 Å². The molecule has 2 aromatic heterocycles. The molecule has 0 fully saturated rings. The molecule has 0 aliphatic rings. The van der Waals surface area contributed by atoms with Crippen LogP contribution in [0.1, 0.15) is 5.56 Å². The van der Waals surface area contributed by atoms with Crippen molar-refractivity contribution in [3.63, 3.8) is 0 Å². The first-order valence-electron chi connectivity index (χ1n) is 5.50. The Labute approximate surface area is 127 Å². The Kier molecular flexibility index (Phi) is 4.41. The van der Waals surface area contributed by atoms with Crippen LogP contribution in [0.2, 0.25) is 5.02 Å². The lowest BCUT2D eigenvalue weighted by Gasteiger charge is -2.08. The molecule has 0 spiro atoms. The molecule has 0 atom stereocenters. The Bertz CT molecular complexity index is 774. The summed E-state index contributed by atoms with van der Waals surface area (Å²) >= 11 is 6.76. The highest BCUT2D eigenvalue weighted by molar-refractivity contribution is 8.00. The Balaban J connectivity index is 2.35. The van der Waals surface area contributed by atoms with Crippen molar-refractivity contribution in [2.75, 3.05) is 17.8 Å². The molecule has 2 rings (SSSR count). The second-order valence-electron chi connectivity index (χ2n) is 4.23. The number of pyridine rings is 1. The molecule has 0 aliphatic heterocycles. The Morgan fingerprint density at radius 2 is 2.05 bits per heavy atom. The molecule has 0 saturated heterocycles. The summed E-state index contributed by atoms with van der Waals surface area (Å²) in [6.07, 6.45) is -2.63. The molecule has 0 radical (unpaired) electrons. The molecule has 0 aromatic carbocycles. The van der Waals surface area contributed by atoms with Crippen LogP contribution >= 0.6 is 23.4 Å². The van der Waals surface area contributed by atoms with Gasteiger partial charge in [-0.1, -0.05) is 23.4 Å². The Morgan fingerprint density at radius 1 is 1.38 bits per heavy atom. The Hall–Kier alpha value is -1.00. The molecule has 21 heavy (non-hydrogen) atoms. The third-order valence-electron chi connectivity index (χ3n) is 2.44. The average Bonchev–Trinajstić information content (AvgIpc) is 2.70. The number of alkyl halides is 3. The molecule has 116 valence electrons. The minimum absolute atomic E-state index is 0.0894. The van der Waals surface area contributed by atoms with Gasteiger partial charge in [0.15, 0.2) is 10.8 Å². The van der Waals surface area contributed by atoms with E-state index >= 15 is 0 Å². The van der Waals surface area contributed by atoms with Gasteiger partial charge in [-0.15, -0.1) is 10.2 Å². The minimum Gasteiger partial charge on any atom is -0.276 e. The maximum Gasteiger partial charge on any atom is 0.417 e. The smallest absolute Gasteiger partial charge is 0.276 e. The third-order valence-corrected chi connectivity index (χ3v) is 4.87. The van der Waals surface area contributed by atoms with Gasteiger partial charge in [-0.2, -0.15) is 13.2 Å². The van der Waals surface area contributed by atoms with E-state index in [9.17, 15) is 21.6 Å². The zero-order valence-corrected chi connectivity index (χ0v) is 12.9. The number of halogens is 4. The first kappa shape index (κ1) is 16.4. The Morgan fingerprint density at radius 3 is 2.62 bits per heavy atom. The maximum atomic E-state index is 12.7. The second kappa shape index (κ2) is 5.65. The number of hydrogen-bond acceptors (Lipinski definition) is 5. The molecule has 5 nitrogen and oxygen atoms in total. The summed E-state index contributed by atoms with van der Waals surface area (Å²) in [6, 6.07) is 0.774. The predicted octanol–water partition coefficient (Wildman–Crippen LogP) is 2.54. The molecule has 11 heteroatoms. The summed E-state index contributed by atoms with van der Waals surface area (Å²) in [6.45, 7) is 0. The number of fused-ring (bicyclic) bond motifs is 1. The molecule has 0 aliphatic carbocycles. The van der Waals surface area contributed by atoms with Gasteiger partial charge in [0.1, 0.15) is 9.84 Å². The number of hydrogen-bond donors (Lipinski definition) is 0. The van der Waals surface area contributed by atoms with Crippen LogP contribution in [0.25, 0.3) is 5.65 Å². The molecule has 0 N–H and O–H groups in total. The summed E-state index contributed by atoms with van der Waals surface area (Å²) in [5, 5.41) is 7.41. The van der Waals surface area contributed by atoms with Crippen LogP contribution in [0.15, 0.2) is 17.4 Å². The molecule has 0 amide bonds. The van der Waals surface area contributed by atoms with Crippen molar-refractivity contribution in [3.05, 3.63) is 22.8 Å². The molecule has 0 unspecified atom stereocenters. The lowest BCUT2D eigenvalue weighted by molar-refractivity contribution is -0.137. The fraction of sp³-hybridized carbons (Fsp3) is 0.400. The van der Waals surface area contributed by atoms with Crippen molar-refractivity contribution in [2.24, 2.45) is 0 Å². The molecular formula is C10H9ClF3N3O2S2. The molecule has 0 saturated carbocycles. The van der Waals surface area contributed by atoms with Gasteiger partial charge in [0.25, 0.3) is 0 Å². The van der Waals surface area contributed by atoms with Crippen molar-refractivity contribution in [1.82, 2.24) is 14.6 Å². The van der Waals surface area contributed by atoms with E-state index in [-0.39, 0.29) is 27.3 Å². The second-order valence-corrected chi connectivity index (χ2v) is 7.96. The number of thioether (sulfide) groups is 1. The topological polar surface area (TPSA) is 64.3 Å². The van der Waals surface area contributed by atoms with E-state index in [1.807, 2.05) is 0 Å². The van der Waals surface area contributed by atoms with E-state index < -0.39 is 21.6 Å². The summed E-state index contributed by atoms with van der Waals surface area (Å²) in [4.78, 5) is 0.